The minimum atomic E-state index is -0.253. The second kappa shape index (κ2) is 21.1. The molecule has 0 unspecified atom stereocenters. The van der Waals surface area contributed by atoms with Gasteiger partial charge in [-0.15, -0.1) is 0 Å². The van der Waals surface area contributed by atoms with Gasteiger partial charge < -0.3 is 16.0 Å². The molecule has 0 aromatic heterocycles. The highest BCUT2D eigenvalue weighted by Crippen LogP contribution is 2.32. The van der Waals surface area contributed by atoms with Crippen LogP contribution in [0.2, 0.25) is 0 Å². The summed E-state index contributed by atoms with van der Waals surface area (Å²) in [5.41, 5.74) is 1.98. The third-order valence-electron chi connectivity index (χ3n) is 12.2. The zero-order chi connectivity index (χ0) is 35.0. The Labute approximate surface area is 299 Å². The van der Waals surface area contributed by atoms with Crippen LogP contribution in [0, 0.1) is 17.8 Å². The first-order valence-electron chi connectivity index (χ1n) is 20.9. The van der Waals surface area contributed by atoms with Crippen molar-refractivity contribution in [3.05, 3.63) is 34.4 Å². The number of rotatable bonds is 18. The van der Waals surface area contributed by atoms with Gasteiger partial charge in [-0.3, -0.25) is 14.4 Å². The second-order valence-electron chi connectivity index (χ2n) is 16.1. The van der Waals surface area contributed by atoms with Crippen molar-refractivity contribution < 1.29 is 14.4 Å². The monoisotopic (exact) mass is 678 g/mol. The van der Waals surface area contributed by atoms with E-state index in [2.05, 4.69) is 43.6 Å². The molecule has 3 saturated carbocycles. The normalized spacial score (nSPS) is 25.8. The van der Waals surface area contributed by atoms with E-state index in [0.717, 1.165) is 120 Å². The molecule has 0 aliphatic heterocycles. The van der Waals surface area contributed by atoms with Gasteiger partial charge in [0.05, 0.1) is 16.7 Å². The highest BCUT2D eigenvalue weighted by atomic mass is 16.2. The number of amides is 3. The van der Waals surface area contributed by atoms with E-state index in [-0.39, 0.29) is 35.8 Å². The van der Waals surface area contributed by atoms with E-state index < -0.39 is 0 Å². The van der Waals surface area contributed by atoms with Gasteiger partial charge in [0.1, 0.15) is 0 Å². The Morgan fingerprint density at radius 1 is 0.490 bits per heavy atom. The summed E-state index contributed by atoms with van der Waals surface area (Å²) in [6.45, 7) is 8.90. The van der Waals surface area contributed by atoms with E-state index in [9.17, 15) is 14.4 Å². The number of hydrogen-bond donors (Lipinski definition) is 3. The van der Waals surface area contributed by atoms with Crippen LogP contribution in [0.25, 0.3) is 0 Å². The van der Waals surface area contributed by atoms with Crippen molar-refractivity contribution in [2.75, 3.05) is 0 Å². The summed E-state index contributed by atoms with van der Waals surface area (Å²) in [5, 5.41) is 10.0. The van der Waals surface area contributed by atoms with Crippen molar-refractivity contribution in [1.82, 2.24) is 16.0 Å². The Morgan fingerprint density at radius 2 is 0.857 bits per heavy atom. The number of hydrogen-bond acceptors (Lipinski definition) is 3. The molecule has 3 amide bonds. The van der Waals surface area contributed by atoms with Crippen LogP contribution >= 0.6 is 0 Å². The lowest BCUT2D eigenvalue weighted by molar-refractivity contribution is 0.0871. The molecule has 3 aliphatic rings. The average Bonchev–Trinajstić information content (AvgIpc) is 3.12. The minimum absolute atomic E-state index is 0.0771. The van der Waals surface area contributed by atoms with Gasteiger partial charge in [-0.25, -0.2) is 0 Å². The number of nitrogens with one attached hydrogen (secondary N) is 3. The highest BCUT2D eigenvalue weighted by Gasteiger charge is 2.32. The van der Waals surface area contributed by atoms with E-state index in [4.69, 9.17) is 0 Å². The first kappa shape index (κ1) is 39.4. The maximum absolute atomic E-state index is 14.4. The van der Waals surface area contributed by atoms with E-state index in [0.29, 0.717) is 16.7 Å². The lowest BCUT2D eigenvalue weighted by atomic mass is 9.82. The fourth-order valence-electron chi connectivity index (χ4n) is 8.95. The molecule has 1 aromatic carbocycles. The molecule has 6 heteroatoms. The number of benzene rings is 1. The van der Waals surface area contributed by atoms with E-state index >= 15 is 0 Å². The lowest BCUT2D eigenvalue weighted by Gasteiger charge is -2.31. The molecule has 4 rings (SSSR count). The summed E-state index contributed by atoms with van der Waals surface area (Å²) in [6, 6.07) is 4.09. The summed E-state index contributed by atoms with van der Waals surface area (Å²) >= 11 is 0. The van der Waals surface area contributed by atoms with Crippen molar-refractivity contribution in [2.45, 2.75) is 200 Å². The van der Waals surface area contributed by atoms with E-state index in [1.165, 1.54) is 57.8 Å². The Hall–Kier alpha value is -2.37. The minimum Gasteiger partial charge on any atom is -0.349 e. The maximum atomic E-state index is 14.4. The molecule has 0 atom stereocenters. The zero-order valence-electron chi connectivity index (χ0n) is 31.8. The number of unbranched alkanes of at least 4 members (excludes halogenated alkanes) is 4. The molecule has 3 aliphatic carbocycles. The molecule has 0 heterocycles. The van der Waals surface area contributed by atoms with Crippen molar-refractivity contribution in [3.8, 4) is 0 Å². The maximum Gasteiger partial charge on any atom is 0.253 e. The third kappa shape index (κ3) is 12.1. The van der Waals surface area contributed by atoms with Gasteiger partial charge in [-0.2, -0.15) is 0 Å². The van der Waals surface area contributed by atoms with Crippen LogP contribution in [0.3, 0.4) is 0 Å². The molecule has 0 saturated heterocycles. The van der Waals surface area contributed by atoms with Crippen molar-refractivity contribution in [3.63, 3.8) is 0 Å². The fraction of sp³-hybridized carbons (Fsp3) is 0.791. The van der Waals surface area contributed by atoms with Crippen LogP contribution in [0.4, 0.5) is 0 Å². The van der Waals surface area contributed by atoms with Gasteiger partial charge in [0.15, 0.2) is 0 Å². The van der Waals surface area contributed by atoms with Gasteiger partial charge in [0.25, 0.3) is 17.7 Å². The van der Waals surface area contributed by atoms with Crippen molar-refractivity contribution in [2.24, 2.45) is 17.8 Å². The van der Waals surface area contributed by atoms with Crippen LogP contribution in [0.1, 0.15) is 212 Å². The molecule has 49 heavy (non-hydrogen) atoms. The molecule has 0 spiro atoms. The Balaban J connectivity index is 1.57. The Bertz CT molecular complexity index is 1160. The second-order valence-corrected chi connectivity index (χ2v) is 16.1. The largest absolute Gasteiger partial charge is 0.349 e. The van der Waals surface area contributed by atoms with E-state index in [1.807, 2.05) is 12.1 Å². The summed E-state index contributed by atoms with van der Waals surface area (Å²) in [7, 11) is 0. The number of carbonyl (C=O) groups is 3. The van der Waals surface area contributed by atoms with E-state index in [1.54, 1.807) is 0 Å². The van der Waals surface area contributed by atoms with Crippen molar-refractivity contribution in [1.29, 1.82) is 0 Å². The first-order chi connectivity index (χ1) is 23.9. The number of carbonyl (C=O) groups excluding carboxylic acids is 3. The predicted octanol–water partition coefficient (Wildman–Crippen LogP) is 10.5. The standard InChI is InChI=1S/C43H71N3O3/c1-5-9-13-31-17-24-35(25-18-31)44-41(47)38-30-23-34(16-12-8-4)39(42(48)45-36-26-19-32(20-27-36)14-10-6-2)40(38)43(49)46-37-28-21-33(22-29-37)15-11-7-3/h23,30-33,35-37H,5-22,24-29H2,1-4H3,(H,44,47)(H,45,48)(H,46,49). The summed E-state index contributed by atoms with van der Waals surface area (Å²) < 4.78 is 0. The molecule has 0 bridgehead atoms. The molecular weight excluding hydrogens is 606 g/mol. The molecule has 276 valence electrons. The van der Waals surface area contributed by atoms with Crippen LogP contribution in [-0.4, -0.2) is 35.8 Å². The highest BCUT2D eigenvalue weighted by molar-refractivity contribution is 6.15. The first-order valence-corrected chi connectivity index (χ1v) is 20.9. The van der Waals surface area contributed by atoms with Gasteiger partial charge in [0, 0.05) is 18.1 Å². The molecule has 6 nitrogen and oxygen atoms in total. The van der Waals surface area contributed by atoms with Gasteiger partial charge in [0.2, 0.25) is 0 Å². The quantitative estimate of drug-likeness (QED) is 0.144. The van der Waals surface area contributed by atoms with Crippen LogP contribution in [0.5, 0.6) is 0 Å². The van der Waals surface area contributed by atoms with Crippen molar-refractivity contribution >= 4 is 17.7 Å². The average molecular weight is 678 g/mol. The third-order valence-corrected chi connectivity index (χ3v) is 12.2. The SMILES string of the molecule is CCCCc1ccc(C(=O)NC2CCC(CCCC)CC2)c(C(=O)NC2CCC(CCCC)CC2)c1C(=O)NC1CCC(CCCC)CC1. The summed E-state index contributed by atoms with van der Waals surface area (Å²) in [4.78, 5) is 42.9. The van der Waals surface area contributed by atoms with Crippen LogP contribution in [0.15, 0.2) is 12.1 Å². The van der Waals surface area contributed by atoms with Gasteiger partial charge in [-0.05, 0) is 119 Å². The van der Waals surface area contributed by atoms with Crippen LogP contribution in [-0.2, 0) is 6.42 Å². The fourth-order valence-corrected chi connectivity index (χ4v) is 8.95. The Kier molecular flexibility index (Phi) is 17.0. The summed E-state index contributed by atoms with van der Waals surface area (Å²) in [6.07, 6.45) is 26.6. The lowest BCUT2D eigenvalue weighted by Crippen LogP contribution is -2.43. The number of aryl methyl sites for hydroxylation is 1. The topological polar surface area (TPSA) is 87.3 Å². The molecule has 3 fully saturated rings. The van der Waals surface area contributed by atoms with Gasteiger partial charge >= 0.3 is 0 Å². The predicted molar refractivity (Wildman–Crippen MR) is 203 cm³/mol. The van der Waals surface area contributed by atoms with Crippen LogP contribution < -0.4 is 16.0 Å². The zero-order valence-corrected chi connectivity index (χ0v) is 31.8. The van der Waals surface area contributed by atoms with Gasteiger partial charge in [-0.1, -0.05) is 98.0 Å². The Morgan fingerprint density at radius 3 is 1.24 bits per heavy atom. The smallest absolute Gasteiger partial charge is 0.253 e. The molecule has 3 N–H and O–H groups in total. The summed E-state index contributed by atoms with van der Waals surface area (Å²) in [5.74, 6) is 1.60. The molecule has 0 radical (unpaired) electrons. The molecular formula is C43H71N3O3. The molecule has 1 aromatic rings.